The van der Waals surface area contributed by atoms with E-state index in [1.54, 1.807) is 6.07 Å². The third-order valence-electron chi connectivity index (χ3n) is 6.35. The Kier molecular flexibility index (Phi) is 15.3. The molecule has 1 unspecified atom stereocenters. The van der Waals surface area contributed by atoms with Crippen molar-refractivity contribution >= 4 is 36.2 Å². The zero-order valence-electron chi connectivity index (χ0n) is 24.7. The van der Waals surface area contributed by atoms with Crippen molar-refractivity contribution in [1.29, 1.82) is 0 Å². The molecule has 0 saturated carbocycles. The summed E-state index contributed by atoms with van der Waals surface area (Å²) in [6.07, 6.45) is 8.09. The maximum atomic E-state index is 11.9. The van der Waals surface area contributed by atoms with Crippen molar-refractivity contribution in [3.05, 3.63) is 22.2 Å². The Labute approximate surface area is 245 Å². The van der Waals surface area contributed by atoms with Gasteiger partial charge in [0.1, 0.15) is 25.9 Å². The molecule has 2 rings (SSSR count). The molecule has 42 heavy (non-hydrogen) atoms. The summed E-state index contributed by atoms with van der Waals surface area (Å²) in [6.45, 7) is 0.456. The Morgan fingerprint density at radius 3 is 2.29 bits per heavy atom. The minimum atomic E-state index is -4.28. The Morgan fingerprint density at radius 2 is 1.64 bits per heavy atom. The van der Waals surface area contributed by atoms with Crippen molar-refractivity contribution < 1.29 is 47.2 Å². The zero-order valence-corrected chi connectivity index (χ0v) is 25.6. The van der Waals surface area contributed by atoms with Crippen LogP contribution in [0.2, 0.25) is 0 Å². The Bertz CT molecular complexity index is 1160. The Balaban J connectivity index is 1.42. The molecule has 0 amide bonds. The smallest absolute Gasteiger partial charge is 0.463 e. The number of esters is 1. The second-order valence-corrected chi connectivity index (χ2v) is 12.6. The van der Waals surface area contributed by atoms with Gasteiger partial charge in [-0.25, -0.2) is 9.19 Å². The standard InChI is InChI=1S/C26H44N5O10P/c1-31(2,3)17-18-39-42(36,37)40-20-21(32)19-38-24(33)13-11-9-7-5-4-6-8-10-12-16-27-22-14-15-23(30(34)35)26-25(22)28-41-29-26/h14-15,21,32H,4-13,16-20H2,1-3H3,(H-,27,29,36,37)/p+1/t21-/m1/s1. The van der Waals surface area contributed by atoms with Crippen molar-refractivity contribution in [2.45, 2.75) is 70.3 Å². The highest BCUT2D eigenvalue weighted by molar-refractivity contribution is 7.47. The molecule has 0 bridgehead atoms. The Morgan fingerprint density at radius 1 is 1.02 bits per heavy atom. The number of anilines is 1. The normalized spacial score (nSPS) is 14.0. The van der Waals surface area contributed by atoms with Crippen molar-refractivity contribution in [3.63, 3.8) is 0 Å². The van der Waals surface area contributed by atoms with Gasteiger partial charge in [0.05, 0.1) is 38.4 Å². The van der Waals surface area contributed by atoms with Gasteiger partial charge in [-0.1, -0.05) is 44.9 Å². The molecule has 0 spiro atoms. The number of nitro benzene ring substituents is 1. The number of ether oxygens (including phenoxy) is 1. The molecule has 0 aliphatic rings. The molecule has 2 atom stereocenters. The van der Waals surface area contributed by atoms with E-state index in [4.69, 9.17) is 13.8 Å². The predicted molar refractivity (Wildman–Crippen MR) is 155 cm³/mol. The summed E-state index contributed by atoms with van der Waals surface area (Å²) >= 11 is 0. The fourth-order valence-corrected chi connectivity index (χ4v) is 4.70. The van der Waals surface area contributed by atoms with E-state index in [9.17, 15) is 29.5 Å². The molecule has 0 aliphatic heterocycles. The van der Waals surface area contributed by atoms with E-state index in [1.165, 1.54) is 6.07 Å². The number of quaternary nitrogens is 1. The van der Waals surface area contributed by atoms with Gasteiger partial charge in [0, 0.05) is 19.0 Å². The topological polar surface area (TPSA) is 196 Å². The first kappa shape index (κ1) is 35.5. The lowest BCUT2D eigenvalue weighted by atomic mass is 10.1. The number of hydrogen-bond donors (Lipinski definition) is 3. The number of fused-ring (bicyclic) bond motifs is 1. The number of unbranched alkanes of at least 4 members (excludes halogenated alkanes) is 8. The number of nitrogens with one attached hydrogen (secondary N) is 1. The lowest BCUT2D eigenvalue weighted by Crippen LogP contribution is -2.37. The molecule has 0 fully saturated rings. The average molecular weight is 619 g/mol. The van der Waals surface area contributed by atoms with Gasteiger partial charge in [-0.3, -0.25) is 24.0 Å². The zero-order chi connectivity index (χ0) is 31.0. The van der Waals surface area contributed by atoms with E-state index >= 15 is 0 Å². The molecule has 15 nitrogen and oxygen atoms in total. The van der Waals surface area contributed by atoms with Crippen molar-refractivity contribution in [1.82, 2.24) is 10.3 Å². The SMILES string of the molecule is C[N+](C)(C)CCOP(=O)(O)OC[C@H](O)COC(=O)CCCCCCCCCCCNc1ccc([N+](=O)[O-])c2nonc12. The number of phosphoric ester groups is 1. The maximum absolute atomic E-state index is 11.9. The lowest BCUT2D eigenvalue weighted by molar-refractivity contribution is -0.870. The highest BCUT2D eigenvalue weighted by atomic mass is 31.2. The lowest BCUT2D eigenvalue weighted by Gasteiger charge is -2.24. The third kappa shape index (κ3) is 14.5. The number of benzene rings is 1. The molecule has 1 aromatic carbocycles. The van der Waals surface area contributed by atoms with E-state index in [2.05, 4.69) is 20.3 Å². The van der Waals surface area contributed by atoms with E-state index in [0.717, 1.165) is 51.4 Å². The number of non-ortho nitro benzene ring substituents is 1. The summed E-state index contributed by atoms with van der Waals surface area (Å²) in [5, 5.41) is 31.6. The highest BCUT2D eigenvalue weighted by Gasteiger charge is 2.24. The summed E-state index contributed by atoms with van der Waals surface area (Å²) in [5.74, 6) is -0.427. The number of nitro groups is 1. The van der Waals surface area contributed by atoms with Gasteiger partial charge in [0.2, 0.25) is 5.52 Å². The van der Waals surface area contributed by atoms with Crippen LogP contribution in [0.15, 0.2) is 16.8 Å². The van der Waals surface area contributed by atoms with Gasteiger partial charge in [0.25, 0.3) is 0 Å². The number of aliphatic hydroxyl groups excluding tert-OH is 1. The summed E-state index contributed by atoms with van der Waals surface area (Å²) in [7, 11) is 1.47. The van der Waals surface area contributed by atoms with Gasteiger partial charge in [-0.15, -0.1) is 0 Å². The number of phosphoric acid groups is 1. The molecule has 238 valence electrons. The number of aromatic nitrogens is 2. The molecule has 0 saturated heterocycles. The monoisotopic (exact) mass is 618 g/mol. The third-order valence-corrected chi connectivity index (χ3v) is 7.33. The van der Waals surface area contributed by atoms with E-state index < -0.39 is 31.4 Å². The second kappa shape index (κ2) is 18.1. The van der Waals surface area contributed by atoms with Crippen molar-refractivity contribution in [3.8, 4) is 0 Å². The number of hydrogen-bond acceptors (Lipinski definition) is 12. The fourth-order valence-electron chi connectivity index (χ4n) is 3.96. The van der Waals surface area contributed by atoms with Crippen LogP contribution in [0.25, 0.3) is 11.0 Å². The van der Waals surface area contributed by atoms with Gasteiger partial charge < -0.3 is 24.5 Å². The number of rotatable bonds is 23. The molecular weight excluding hydrogens is 573 g/mol. The van der Waals surface area contributed by atoms with Gasteiger partial charge in [-0.2, -0.15) is 0 Å². The molecule has 16 heteroatoms. The molecular formula is C26H45N5O10P+. The highest BCUT2D eigenvalue weighted by Crippen LogP contribution is 2.43. The van der Waals surface area contributed by atoms with Crippen LogP contribution in [0.5, 0.6) is 0 Å². The summed E-state index contributed by atoms with van der Waals surface area (Å²) < 4.78 is 31.7. The van der Waals surface area contributed by atoms with E-state index in [0.29, 0.717) is 35.2 Å². The maximum Gasteiger partial charge on any atom is 0.472 e. The number of aliphatic hydroxyl groups is 1. The van der Waals surface area contributed by atoms with Crippen LogP contribution in [0.1, 0.15) is 64.2 Å². The quantitative estimate of drug-likeness (QED) is 0.0401. The number of likely N-dealkylation sites (N-methyl/N-ethyl adjacent to an activating group) is 1. The van der Waals surface area contributed by atoms with Crippen LogP contribution >= 0.6 is 7.82 Å². The van der Waals surface area contributed by atoms with Crippen LogP contribution in [0.4, 0.5) is 11.4 Å². The van der Waals surface area contributed by atoms with Gasteiger partial charge in [0.15, 0.2) is 5.52 Å². The minimum absolute atomic E-state index is 0.0286. The first-order valence-electron chi connectivity index (χ1n) is 14.3. The molecule has 1 aromatic heterocycles. The molecule has 0 radical (unpaired) electrons. The summed E-state index contributed by atoms with van der Waals surface area (Å²) in [6, 6.07) is 3.01. The molecule has 0 aliphatic carbocycles. The van der Waals surface area contributed by atoms with E-state index in [1.807, 2.05) is 21.1 Å². The Hall–Kier alpha value is -2.68. The van der Waals surface area contributed by atoms with Crippen LogP contribution in [-0.2, 0) is 23.1 Å². The van der Waals surface area contributed by atoms with Crippen LogP contribution in [-0.4, -0.2) is 95.8 Å². The minimum Gasteiger partial charge on any atom is -0.463 e. The fraction of sp³-hybridized carbons (Fsp3) is 0.731. The number of carbonyl (C=O) groups is 1. The largest absolute Gasteiger partial charge is 0.472 e. The van der Waals surface area contributed by atoms with Crippen molar-refractivity contribution in [2.24, 2.45) is 0 Å². The first-order valence-corrected chi connectivity index (χ1v) is 15.8. The predicted octanol–water partition coefficient (Wildman–Crippen LogP) is 4.19. The average Bonchev–Trinajstić information content (AvgIpc) is 3.40. The van der Waals surface area contributed by atoms with Crippen LogP contribution in [0, 0.1) is 10.1 Å². The molecule has 2 aromatic rings. The second-order valence-electron chi connectivity index (χ2n) is 11.2. The molecule has 3 N–H and O–H groups in total. The van der Waals surface area contributed by atoms with Crippen molar-refractivity contribution in [2.75, 3.05) is 59.4 Å². The number of carbonyl (C=O) groups excluding carboxylic acids is 1. The number of nitrogens with zero attached hydrogens (tertiary/aromatic N) is 4. The first-order chi connectivity index (χ1) is 19.9. The van der Waals surface area contributed by atoms with Gasteiger partial charge in [-0.05, 0) is 29.2 Å². The molecule has 1 heterocycles. The summed E-state index contributed by atoms with van der Waals surface area (Å²) in [5.41, 5.74) is 1.02. The van der Waals surface area contributed by atoms with Crippen LogP contribution in [0.3, 0.4) is 0 Å². The van der Waals surface area contributed by atoms with Crippen LogP contribution < -0.4 is 5.32 Å². The van der Waals surface area contributed by atoms with E-state index in [-0.39, 0.29) is 30.8 Å². The summed E-state index contributed by atoms with van der Waals surface area (Å²) in [4.78, 5) is 32.1. The van der Waals surface area contributed by atoms with Gasteiger partial charge >= 0.3 is 19.5 Å².